The molecule has 3 atom stereocenters. The second kappa shape index (κ2) is 7.38. The first kappa shape index (κ1) is 18.5. The number of fused-ring (bicyclic) bond motifs is 1. The molecule has 2 heterocycles. The van der Waals surface area contributed by atoms with Gasteiger partial charge < -0.3 is 25.0 Å². The molecule has 24 heavy (non-hydrogen) atoms. The van der Waals surface area contributed by atoms with Crippen LogP contribution < -0.4 is 10.6 Å². The molecule has 0 radical (unpaired) electrons. The SMILES string of the molecule is COC(=O)[C@@H]1CC[C@H]2CCNC[C@H](NC(=O)OC(C)(C)C)C(=O)N21. The number of amides is 2. The zero-order chi connectivity index (χ0) is 17.9. The highest BCUT2D eigenvalue weighted by Gasteiger charge is 2.44. The summed E-state index contributed by atoms with van der Waals surface area (Å²) in [5.74, 6) is -0.679. The summed E-state index contributed by atoms with van der Waals surface area (Å²) in [7, 11) is 1.32. The summed E-state index contributed by atoms with van der Waals surface area (Å²) in [6.07, 6.45) is 1.47. The lowest BCUT2D eigenvalue weighted by atomic mass is 10.1. The van der Waals surface area contributed by atoms with Crippen molar-refractivity contribution in [1.82, 2.24) is 15.5 Å². The van der Waals surface area contributed by atoms with E-state index in [1.165, 1.54) is 7.11 Å². The third kappa shape index (κ3) is 4.37. The van der Waals surface area contributed by atoms with Gasteiger partial charge in [-0.2, -0.15) is 0 Å². The summed E-state index contributed by atoms with van der Waals surface area (Å²) in [5.41, 5.74) is -0.646. The predicted octanol–water partition coefficient (Wildman–Crippen LogP) is 0.406. The first-order valence-corrected chi connectivity index (χ1v) is 8.33. The lowest BCUT2D eigenvalue weighted by molar-refractivity contribution is -0.153. The van der Waals surface area contributed by atoms with Gasteiger partial charge in [-0.15, -0.1) is 0 Å². The smallest absolute Gasteiger partial charge is 0.408 e. The monoisotopic (exact) mass is 341 g/mol. The molecule has 0 saturated carbocycles. The minimum atomic E-state index is -0.770. The second-order valence-electron chi connectivity index (χ2n) is 7.21. The summed E-state index contributed by atoms with van der Waals surface area (Å²) in [6, 6.07) is -1.36. The lowest BCUT2D eigenvalue weighted by Gasteiger charge is -2.35. The summed E-state index contributed by atoms with van der Waals surface area (Å²) < 4.78 is 10.1. The molecule has 8 nitrogen and oxygen atoms in total. The van der Waals surface area contributed by atoms with Crippen molar-refractivity contribution in [3.63, 3.8) is 0 Å². The van der Waals surface area contributed by atoms with Crippen LogP contribution in [-0.2, 0) is 19.1 Å². The van der Waals surface area contributed by atoms with Crippen molar-refractivity contribution < 1.29 is 23.9 Å². The van der Waals surface area contributed by atoms with Crippen molar-refractivity contribution in [2.75, 3.05) is 20.2 Å². The zero-order valence-corrected chi connectivity index (χ0v) is 14.8. The molecule has 0 aromatic carbocycles. The van der Waals surface area contributed by atoms with Crippen molar-refractivity contribution in [3.8, 4) is 0 Å². The minimum Gasteiger partial charge on any atom is -0.467 e. The van der Waals surface area contributed by atoms with Crippen LogP contribution in [-0.4, -0.2) is 66.8 Å². The molecule has 2 fully saturated rings. The van der Waals surface area contributed by atoms with Crippen LogP contribution >= 0.6 is 0 Å². The summed E-state index contributed by atoms with van der Waals surface area (Å²) in [5, 5.41) is 5.79. The van der Waals surface area contributed by atoms with E-state index in [4.69, 9.17) is 9.47 Å². The van der Waals surface area contributed by atoms with Crippen LogP contribution in [0.2, 0.25) is 0 Å². The Bertz CT molecular complexity index is 502. The number of carbonyl (C=O) groups excluding carboxylic acids is 3. The van der Waals surface area contributed by atoms with Gasteiger partial charge >= 0.3 is 12.1 Å². The molecule has 0 unspecified atom stereocenters. The van der Waals surface area contributed by atoms with Gasteiger partial charge in [0.05, 0.1) is 7.11 Å². The van der Waals surface area contributed by atoms with Crippen molar-refractivity contribution in [1.29, 1.82) is 0 Å². The van der Waals surface area contributed by atoms with Crippen LogP contribution in [0.15, 0.2) is 0 Å². The molecule has 0 spiro atoms. The van der Waals surface area contributed by atoms with Gasteiger partial charge in [0.2, 0.25) is 5.91 Å². The zero-order valence-electron chi connectivity index (χ0n) is 14.8. The maximum atomic E-state index is 12.9. The van der Waals surface area contributed by atoms with E-state index in [1.54, 1.807) is 25.7 Å². The number of ether oxygens (including phenoxy) is 2. The second-order valence-corrected chi connectivity index (χ2v) is 7.21. The fraction of sp³-hybridized carbons (Fsp3) is 0.812. The molecule has 2 saturated heterocycles. The van der Waals surface area contributed by atoms with Gasteiger partial charge in [-0.3, -0.25) is 4.79 Å². The number of hydrogen-bond acceptors (Lipinski definition) is 6. The number of carbonyl (C=O) groups is 3. The Balaban J connectivity index is 2.12. The van der Waals surface area contributed by atoms with E-state index in [2.05, 4.69) is 10.6 Å². The van der Waals surface area contributed by atoms with Crippen LogP contribution in [0, 0.1) is 0 Å². The van der Waals surface area contributed by atoms with Gasteiger partial charge in [0.15, 0.2) is 0 Å². The molecule has 2 N–H and O–H groups in total. The quantitative estimate of drug-likeness (QED) is 0.706. The van der Waals surface area contributed by atoms with Crippen molar-refractivity contribution >= 4 is 18.0 Å². The topological polar surface area (TPSA) is 97.0 Å². The number of esters is 1. The van der Waals surface area contributed by atoms with Gasteiger partial charge in [-0.25, -0.2) is 9.59 Å². The van der Waals surface area contributed by atoms with Gasteiger partial charge in [-0.1, -0.05) is 0 Å². The van der Waals surface area contributed by atoms with Crippen molar-refractivity contribution in [2.45, 2.75) is 63.8 Å². The summed E-state index contributed by atoms with van der Waals surface area (Å²) >= 11 is 0. The Morgan fingerprint density at radius 2 is 1.96 bits per heavy atom. The third-order valence-electron chi connectivity index (χ3n) is 4.22. The maximum absolute atomic E-state index is 12.9. The fourth-order valence-corrected chi connectivity index (χ4v) is 3.21. The highest BCUT2D eigenvalue weighted by atomic mass is 16.6. The van der Waals surface area contributed by atoms with Crippen LogP contribution in [0.1, 0.15) is 40.0 Å². The minimum absolute atomic E-state index is 0.0164. The number of alkyl carbamates (subject to hydrolysis) is 1. The van der Waals surface area contributed by atoms with Crippen LogP contribution in [0.4, 0.5) is 4.79 Å². The molecule has 2 aliphatic rings. The molecule has 0 bridgehead atoms. The van der Waals surface area contributed by atoms with Gasteiger partial charge in [0.25, 0.3) is 0 Å². The molecule has 0 aromatic rings. The number of methoxy groups -OCH3 is 1. The standard InChI is InChI=1S/C16H27N3O5/c1-16(2,3)24-15(22)18-11-9-17-8-7-10-5-6-12(14(21)23-4)19(10)13(11)20/h10-12,17H,5-9H2,1-4H3,(H,18,22)/t10-,11-,12-/m0/s1. The molecule has 2 rings (SSSR count). The van der Waals surface area contributed by atoms with E-state index in [0.717, 1.165) is 19.4 Å². The van der Waals surface area contributed by atoms with Gasteiger partial charge in [-0.05, 0) is 46.6 Å². The van der Waals surface area contributed by atoms with E-state index in [1.807, 2.05) is 0 Å². The highest BCUT2D eigenvalue weighted by Crippen LogP contribution is 2.28. The molecule has 2 amide bonds. The highest BCUT2D eigenvalue weighted by molar-refractivity contribution is 5.90. The predicted molar refractivity (Wildman–Crippen MR) is 86.3 cm³/mol. The van der Waals surface area contributed by atoms with Crippen LogP contribution in [0.25, 0.3) is 0 Å². The summed E-state index contributed by atoms with van der Waals surface area (Å²) in [6.45, 7) is 6.29. The Kier molecular flexibility index (Phi) is 5.69. The Morgan fingerprint density at radius 1 is 1.25 bits per heavy atom. The van der Waals surface area contributed by atoms with Crippen LogP contribution in [0.3, 0.4) is 0 Å². The Hall–Kier alpha value is -1.83. The first-order chi connectivity index (χ1) is 11.2. The molecular formula is C16H27N3O5. The molecular weight excluding hydrogens is 314 g/mol. The molecule has 136 valence electrons. The molecule has 8 heteroatoms. The van der Waals surface area contributed by atoms with Gasteiger partial charge in [0, 0.05) is 12.6 Å². The molecule has 2 aliphatic heterocycles. The average Bonchev–Trinajstić information content (AvgIpc) is 2.88. The van der Waals surface area contributed by atoms with E-state index < -0.39 is 29.7 Å². The van der Waals surface area contributed by atoms with Crippen LogP contribution in [0.5, 0.6) is 0 Å². The molecule has 0 aromatic heterocycles. The number of hydrogen-bond donors (Lipinski definition) is 2. The third-order valence-corrected chi connectivity index (χ3v) is 4.22. The summed E-state index contributed by atoms with van der Waals surface area (Å²) in [4.78, 5) is 38.5. The Morgan fingerprint density at radius 3 is 2.58 bits per heavy atom. The van der Waals surface area contributed by atoms with Crippen molar-refractivity contribution in [2.24, 2.45) is 0 Å². The molecule has 0 aliphatic carbocycles. The van der Waals surface area contributed by atoms with E-state index in [0.29, 0.717) is 13.0 Å². The number of nitrogens with zero attached hydrogens (tertiary/aromatic N) is 1. The normalized spacial score (nSPS) is 27.8. The number of rotatable bonds is 2. The largest absolute Gasteiger partial charge is 0.467 e. The maximum Gasteiger partial charge on any atom is 0.408 e. The van der Waals surface area contributed by atoms with Crippen molar-refractivity contribution in [3.05, 3.63) is 0 Å². The van der Waals surface area contributed by atoms with E-state index in [9.17, 15) is 14.4 Å². The fourth-order valence-electron chi connectivity index (χ4n) is 3.21. The average molecular weight is 341 g/mol. The Labute approximate surface area is 142 Å². The van der Waals surface area contributed by atoms with Gasteiger partial charge in [0.1, 0.15) is 17.7 Å². The number of nitrogens with one attached hydrogen (secondary N) is 2. The first-order valence-electron chi connectivity index (χ1n) is 8.33. The van der Waals surface area contributed by atoms with E-state index >= 15 is 0 Å². The van der Waals surface area contributed by atoms with E-state index in [-0.39, 0.29) is 11.9 Å². The lowest BCUT2D eigenvalue weighted by Crippen LogP contribution is -2.59.